The number of carbonyl (C=O) groups is 13. The number of hydrogen-bond donors (Lipinski definition) is 7. The number of nitrogens with two attached hydrogens (primary N) is 1. The molecule has 0 radical (unpaired) electrons. The zero-order chi connectivity index (χ0) is 81.1. The maximum atomic E-state index is 14.8. The van der Waals surface area contributed by atoms with E-state index in [1.807, 2.05) is 90.9 Å². The van der Waals surface area contributed by atoms with E-state index < -0.39 is 143 Å². The van der Waals surface area contributed by atoms with E-state index >= 15 is 0 Å². The van der Waals surface area contributed by atoms with Crippen LogP contribution in [0.3, 0.4) is 0 Å². The third-order valence-electron chi connectivity index (χ3n) is 21.8. The summed E-state index contributed by atoms with van der Waals surface area (Å²) in [6.45, 7) is 17.5. The summed E-state index contributed by atoms with van der Waals surface area (Å²) in [5, 5.41) is 32.6. The van der Waals surface area contributed by atoms with E-state index in [1.54, 1.807) is 61.9 Å². The number of likely N-dealkylation sites (N-methyl/N-ethyl adjacent to an activating group) is 2. The largest absolute Gasteiger partial charge is 0.467 e. The number of ether oxygens (including phenoxy) is 4. The van der Waals surface area contributed by atoms with E-state index in [4.69, 9.17) is 24.7 Å². The predicted octanol–water partition coefficient (Wildman–Crippen LogP) is 4.81. The normalized spacial score (nSPS) is 20.2. The first-order chi connectivity index (χ1) is 51.6. The number of likely N-dealkylation sites (tertiary alicyclic amines) is 1. The fourth-order valence-corrected chi connectivity index (χ4v) is 15.3. The van der Waals surface area contributed by atoms with Crippen LogP contribution in [-0.4, -0.2) is 242 Å². The number of nitrogens with one attached hydrogen (secondary N) is 4. The summed E-state index contributed by atoms with van der Waals surface area (Å²) in [4.78, 5) is 183. The molecule has 3 aliphatic rings. The molecule has 9 amide bonds. The number of esters is 1. The average molecular weight is 1530 g/mol. The molecule has 2 aromatic rings. The Morgan fingerprint density at radius 2 is 1.28 bits per heavy atom. The summed E-state index contributed by atoms with van der Waals surface area (Å²) in [6, 6.07) is 11.3. The molecule has 3 heterocycles. The molecule has 2 fully saturated rings. The molecular formula is C81H123N9O19. The fraction of sp³-hybridized carbons (Fsp3) is 0.667. The molecule has 10 unspecified atom stereocenters. The predicted molar refractivity (Wildman–Crippen MR) is 407 cm³/mol. The summed E-state index contributed by atoms with van der Waals surface area (Å²) in [5.74, 6) is -8.78. The smallest absolute Gasteiger partial charge is 0.328 e. The highest BCUT2D eigenvalue weighted by molar-refractivity contribution is 6.12. The number of nitrogens with zero attached hydrogens (tertiary/aromatic N) is 4. The molecule has 2 aromatic carbocycles. The number of urea groups is 1. The molecular weight excluding hydrogens is 1400 g/mol. The minimum atomic E-state index is -1.49. The van der Waals surface area contributed by atoms with Crippen molar-refractivity contribution in [1.29, 1.82) is 0 Å². The molecule has 2 saturated heterocycles. The van der Waals surface area contributed by atoms with E-state index in [-0.39, 0.29) is 137 Å². The van der Waals surface area contributed by atoms with Crippen LogP contribution in [0.25, 0.3) is 0 Å². The SMILES string of the molecule is CCC(C)C(C(CC(=O)N1CCCC1C(OC)C(C)C(=O)C[C@@H](Cc1ccccc1)C(=O)N[C@@H](Cc1ccc(CC(=O)C(CCCNC(N)=O)NC(=O)[C@H](CC(=O)C[C@@H]2O[C@H](CNC(=O)CCCCN3C(=O)C=CC3=O)C(O)C2O)C(C)C)cc1)C(=O)OC)OC)N(C)C(=O)[C@@H](CC(=O)C(C(C)C)N(C)C)C(C)C. The maximum absolute atomic E-state index is 14.8. The zero-order valence-electron chi connectivity index (χ0n) is 66.7. The molecule has 16 atom stereocenters. The molecule has 0 saturated carbocycles. The summed E-state index contributed by atoms with van der Waals surface area (Å²) in [7, 11) is 9.68. The Bertz CT molecular complexity index is 3400. The standard InChI is InChI=1S/C81H123N9O19/c1-16-50(8)73(88(12)79(103)58(48(4)5)44-64(94)72(49(6)7)87(10)11)65(106-13)45-71(98)89-37-23-27-61(89)76(107-14)51(9)62(92)41-55(38-52-24-18-17-19-25-52)77(101)86-60(80(104)108-15)39-53-29-31-54(32-30-53)40-63(93)59(26-22-35-83-81(82)105)85-78(102)57(47(2)3)42-56(91)43-66-74(99)75(100)67(109-66)46-84-68(95)28-20-21-36-90-69(96)33-34-70(90)97/h17-19,24-25,29-34,47-51,55,57-61,65-67,72-76,99-100H,16,20-23,26-28,35-46H2,1-15H3,(H,84,95)(H,85,102)(H,86,101)(H3,82,83,105)/t50?,51?,55-,57-,58+,59?,60+,61?,65?,66+,67-,72?,73?,74?,75?,76?/m1/s1. The highest BCUT2D eigenvalue weighted by Gasteiger charge is 2.46. The van der Waals surface area contributed by atoms with Crippen molar-refractivity contribution < 1.29 is 91.5 Å². The number of Topliss-reactive ketones (excluding diaryl/α,β-unsaturated/α-hetero) is 4. The minimum Gasteiger partial charge on any atom is -0.467 e. The Labute approximate surface area is 643 Å². The van der Waals surface area contributed by atoms with Gasteiger partial charge in [0.2, 0.25) is 29.5 Å². The molecule has 5 rings (SSSR count). The Hall–Kier alpha value is -8.15. The van der Waals surface area contributed by atoms with Crippen LogP contribution in [0.1, 0.15) is 162 Å². The average Bonchev–Trinajstić information content (AvgIpc) is 1.80. The van der Waals surface area contributed by atoms with Gasteiger partial charge in [0.05, 0.1) is 56.0 Å². The lowest BCUT2D eigenvalue weighted by Gasteiger charge is -2.41. The topological polar surface area (TPSA) is 386 Å². The molecule has 8 N–H and O–H groups in total. The number of imide groups is 1. The van der Waals surface area contributed by atoms with Crippen molar-refractivity contribution in [2.75, 3.05) is 68.7 Å². The Morgan fingerprint density at radius 1 is 0.670 bits per heavy atom. The Morgan fingerprint density at radius 3 is 1.86 bits per heavy atom. The van der Waals surface area contributed by atoms with Gasteiger partial charge in [0.25, 0.3) is 11.8 Å². The van der Waals surface area contributed by atoms with Crippen molar-refractivity contribution in [3.8, 4) is 0 Å². The van der Waals surface area contributed by atoms with Crippen molar-refractivity contribution in [2.24, 2.45) is 53.1 Å². The third-order valence-corrected chi connectivity index (χ3v) is 21.8. The molecule has 0 bridgehead atoms. The van der Waals surface area contributed by atoms with Crippen molar-refractivity contribution in [3.05, 3.63) is 83.4 Å². The van der Waals surface area contributed by atoms with Crippen LogP contribution in [0.4, 0.5) is 4.79 Å². The summed E-state index contributed by atoms with van der Waals surface area (Å²) < 4.78 is 23.3. The van der Waals surface area contributed by atoms with Gasteiger partial charge >= 0.3 is 12.0 Å². The highest BCUT2D eigenvalue weighted by Crippen LogP contribution is 2.33. The highest BCUT2D eigenvalue weighted by atomic mass is 16.5. The second-order valence-corrected chi connectivity index (χ2v) is 31.0. The number of aliphatic hydroxyl groups is 2. The quantitative estimate of drug-likeness (QED) is 0.0265. The molecule has 0 aromatic heterocycles. The van der Waals surface area contributed by atoms with Crippen LogP contribution in [0, 0.1) is 47.3 Å². The lowest BCUT2D eigenvalue weighted by molar-refractivity contribution is -0.149. The van der Waals surface area contributed by atoms with E-state index in [9.17, 15) is 72.5 Å². The first-order valence-corrected chi connectivity index (χ1v) is 38.6. The summed E-state index contributed by atoms with van der Waals surface area (Å²) in [5.41, 5.74) is 7.16. The Kier molecular flexibility index (Phi) is 37.5. The van der Waals surface area contributed by atoms with Crippen LogP contribution in [0.15, 0.2) is 66.7 Å². The van der Waals surface area contributed by atoms with Crippen molar-refractivity contribution in [1.82, 2.24) is 40.9 Å². The molecule has 3 aliphatic heterocycles. The van der Waals surface area contributed by atoms with E-state index in [2.05, 4.69) is 21.3 Å². The van der Waals surface area contributed by atoms with Crippen LogP contribution in [-0.2, 0) is 95.7 Å². The van der Waals surface area contributed by atoms with Crippen molar-refractivity contribution >= 4 is 76.5 Å². The van der Waals surface area contributed by atoms with Gasteiger partial charge in [0.15, 0.2) is 11.6 Å². The second kappa shape index (κ2) is 44.6. The van der Waals surface area contributed by atoms with Gasteiger partial charge in [-0.2, -0.15) is 0 Å². The zero-order valence-corrected chi connectivity index (χ0v) is 66.7. The van der Waals surface area contributed by atoms with Crippen molar-refractivity contribution in [2.45, 2.75) is 232 Å². The van der Waals surface area contributed by atoms with Crippen LogP contribution in [0.2, 0.25) is 0 Å². The van der Waals surface area contributed by atoms with Gasteiger partial charge in [-0.3, -0.25) is 62.5 Å². The number of benzene rings is 2. The number of primary amides is 1. The number of aliphatic hydroxyl groups excluding tert-OH is 2. The molecule has 28 heteroatoms. The van der Waals surface area contributed by atoms with Crippen molar-refractivity contribution in [3.63, 3.8) is 0 Å². The minimum absolute atomic E-state index is 0.00780. The van der Waals surface area contributed by atoms with Crippen LogP contribution >= 0.6 is 0 Å². The molecule has 28 nitrogen and oxygen atoms in total. The van der Waals surface area contributed by atoms with Gasteiger partial charge in [-0.25, -0.2) is 9.59 Å². The number of amides is 9. The van der Waals surface area contributed by atoms with E-state index in [0.29, 0.717) is 49.8 Å². The van der Waals surface area contributed by atoms with E-state index in [0.717, 1.165) is 10.5 Å². The fourth-order valence-electron chi connectivity index (χ4n) is 15.3. The van der Waals surface area contributed by atoms with E-state index in [1.165, 1.54) is 33.5 Å². The number of methoxy groups -OCH3 is 3. The van der Waals surface area contributed by atoms with Gasteiger partial charge in [-0.05, 0) is 99.4 Å². The third kappa shape index (κ3) is 27.1. The first-order valence-electron chi connectivity index (χ1n) is 38.6. The van der Waals surface area contributed by atoms with Gasteiger partial charge in [0, 0.05) is 128 Å². The monoisotopic (exact) mass is 1530 g/mol. The van der Waals surface area contributed by atoms with Gasteiger partial charge in [0.1, 0.15) is 35.9 Å². The van der Waals surface area contributed by atoms with Gasteiger partial charge in [-0.15, -0.1) is 0 Å². The molecule has 0 spiro atoms. The van der Waals surface area contributed by atoms with Gasteiger partial charge < -0.3 is 66.0 Å². The maximum Gasteiger partial charge on any atom is 0.328 e. The summed E-state index contributed by atoms with van der Waals surface area (Å²) in [6.07, 6.45) is -2.42. The lowest BCUT2D eigenvalue weighted by Crippen LogP contribution is -2.54. The van der Waals surface area contributed by atoms with Crippen LogP contribution in [0.5, 0.6) is 0 Å². The second-order valence-electron chi connectivity index (χ2n) is 31.0. The molecule has 0 aliphatic carbocycles. The van der Waals surface area contributed by atoms with Crippen LogP contribution < -0.4 is 27.0 Å². The number of hydrogen-bond acceptors (Lipinski definition) is 20. The molecule has 109 heavy (non-hydrogen) atoms. The number of carbonyl (C=O) groups excluding carboxylic acids is 13. The number of ketones is 4. The van der Waals surface area contributed by atoms with Gasteiger partial charge in [-0.1, -0.05) is 123 Å². The first kappa shape index (κ1) is 91.5. The number of unbranched alkanes of at least 4 members (excludes halogenated alkanes) is 1. The molecule has 606 valence electrons. The summed E-state index contributed by atoms with van der Waals surface area (Å²) >= 11 is 0. The Balaban J connectivity index is 1.24. The number of rotatable bonds is 48. The lowest BCUT2D eigenvalue weighted by atomic mass is 9.83.